The molecule has 0 amide bonds. The lowest BCUT2D eigenvalue weighted by molar-refractivity contribution is 0.466. The van der Waals surface area contributed by atoms with Crippen molar-refractivity contribution in [1.82, 2.24) is 95.9 Å². The van der Waals surface area contributed by atoms with Crippen LogP contribution in [-0.4, -0.2) is 143 Å². The van der Waals surface area contributed by atoms with Gasteiger partial charge in [-0.05, 0) is 241 Å². The van der Waals surface area contributed by atoms with Crippen LogP contribution in [0.1, 0.15) is 150 Å². The van der Waals surface area contributed by atoms with E-state index in [4.69, 9.17) is 0 Å². The third-order valence-electron chi connectivity index (χ3n) is 24.9. The van der Waals surface area contributed by atoms with Crippen molar-refractivity contribution in [3.8, 4) is 0 Å². The van der Waals surface area contributed by atoms with Gasteiger partial charge in [0.15, 0.2) is 5.13 Å². The van der Waals surface area contributed by atoms with Crippen LogP contribution in [0.3, 0.4) is 0 Å². The van der Waals surface area contributed by atoms with Crippen LogP contribution >= 0.6 is 46.6 Å². The standard InChI is InChI=1S/C20H25N5O.C18H22N4OS.C18H20N4OS.C17H21N5OS.C16H18N6OS/c26-20-15-9-5-12(10-18(15)23-25-20)4-6-13-2-1-3-16(13)21-19-11-17(22-24-19)14-7-8-14;1-11-10-19-18(24-11)20-15-4-2-3-13(15)7-5-12-6-8-14-16(9-12)21-22-17(14)23;23-18-14-8-7-13(10-16(14)21-22-18)24-11-12-4-3-5-15(12)20-17-6-1-2-9-19-17;1-22-8-16(18-10-22)19-14-4-2-3-11(14)9-24-12-5-6-13-15(7-12)20-21-17(13)23;23-15-12-5-4-11(8-14(12)20-21-15)24-9-10-2-1-3-13(10)19-16-17-6-7-18-22-16/h5,9-11,13-14,16H,1-4,6-8H2,(H2,21,22,24)(H2,23,25,26);6,8-10,13,15H,2-5,7H2,1H3,(H,19,20)(H2,21,22,23);1-2,6-10,12,15H,3-5,11H2,(H,19,20)(H2,21,22,23);5-8,10-11,14,19H,2-4,9H2,1H3,(H2,20,21,23);4-8,10,13H,1-3,9H2,(H,17,19,22)(H2,20,21,23). The molecule has 0 aliphatic heterocycles. The number of anilines is 5. The van der Waals surface area contributed by atoms with E-state index in [1.807, 2.05) is 157 Å². The number of thioether (sulfide) groups is 3. The minimum atomic E-state index is -0.0712. The SMILES string of the molecule is Cc1cnc(NC2CCCC2CCc2ccc3c(=O)[nH][nH]c3c2)s1.Cn1cnc(NC2CCCC2CSc2ccc3c(=O)[nH][nH]c3c2)c1.O=c1[nH][nH]c2cc(CCC3CCCC3Nc3cc(C4CC4)[nH]n3)ccc12.O=c1[nH][nH]c2cc(SCC3CCCC3Nc3ccccn3)ccc12.O=c1[nH][nH]c2cc(SCC3CCCC3Nc3nccnn3)ccc12. The van der Waals surface area contributed by atoms with Crippen LogP contribution in [0.5, 0.6) is 0 Å². The van der Waals surface area contributed by atoms with Crippen molar-refractivity contribution >= 4 is 130 Å². The largest absolute Gasteiger partial charge is 0.367 e. The number of imidazole rings is 1. The maximum absolute atomic E-state index is 11.6. The van der Waals surface area contributed by atoms with E-state index in [9.17, 15) is 24.0 Å². The van der Waals surface area contributed by atoms with Gasteiger partial charge in [0.1, 0.15) is 17.5 Å². The van der Waals surface area contributed by atoms with Crippen LogP contribution in [0.2, 0.25) is 0 Å². The van der Waals surface area contributed by atoms with Crippen LogP contribution in [-0.2, 0) is 19.9 Å². The smallest absolute Gasteiger partial charge is 0.271 e. The van der Waals surface area contributed by atoms with Crippen LogP contribution < -0.4 is 54.4 Å². The predicted octanol–water partition coefficient (Wildman–Crippen LogP) is 16.5. The molecule has 10 unspecified atom stereocenters. The number of rotatable bonds is 26. The molecule has 10 aromatic heterocycles. The van der Waals surface area contributed by atoms with E-state index in [1.165, 1.54) is 146 Å². The van der Waals surface area contributed by atoms with Crippen molar-refractivity contribution in [2.75, 3.05) is 43.8 Å². The number of fused-ring (bicyclic) bond motifs is 5. The van der Waals surface area contributed by atoms with Crippen LogP contribution in [0, 0.1) is 36.5 Å². The number of hydrogen-bond acceptors (Lipinski definition) is 21. The summed E-state index contributed by atoms with van der Waals surface area (Å²) in [5, 5.41) is 65.9. The molecule has 15 aromatic rings. The Labute approximate surface area is 720 Å². The molecule has 636 valence electrons. The zero-order chi connectivity index (χ0) is 83.3. The van der Waals surface area contributed by atoms with Gasteiger partial charge in [0.05, 0.1) is 73.2 Å². The average Bonchev–Trinajstić information content (AvgIpc) is 1.71. The summed E-state index contributed by atoms with van der Waals surface area (Å²) in [6.45, 7) is 2.09. The lowest BCUT2D eigenvalue weighted by Crippen LogP contribution is -2.26. The molecule has 10 heterocycles. The molecule has 10 atom stereocenters. The predicted molar refractivity (Wildman–Crippen MR) is 492 cm³/mol. The lowest BCUT2D eigenvalue weighted by Gasteiger charge is -2.21. The quantitative estimate of drug-likeness (QED) is 0.0224. The molecule has 0 saturated heterocycles. The third-order valence-corrected chi connectivity index (χ3v) is 29.3. The molecule has 33 heteroatoms. The van der Waals surface area contributed by atoms with Gasteiger partial charge in [-0.1, -0.05) is 50.3 Å². The molecule has 0 radical (unpaired) electrons. The molecule has 6 saturated carbocycles. The summed E-state index contributed by atoms with van der Waals surface area (Å²) in [4.78, 5) is 80.1. The number of benzene rings is 5. The molecule has 6 aliphatic carbocycles. The molecule has 16 N–H and O–H groups in total. The molecule has 0 spiro atoms. The Bertz CT molecular complexity index is 5950. The van der Waals surface area contributed by atoms with Crippen molar-refractivity contribution in [2.24, 2.45) is 36.6 Å². The number of pyridine rings is 1. The van der Waals surface area contributed by atoms with Crippen molar-refractivity contribution in [3.05, 3.63) is 226 Å². The van der Waals surface area contributed by atoms with Crippen molar-refractivity contribution in [2.45, 2.75) is 193 Å². The highest BCUT2D eigenvalue weighted by atomic mass is 32.2. The highest BCUT2D eigenvalue weighted by Gasteiger charge is 2.34. The summed E-state index contributed by atoms with van der Waals surface area (Å²) >= 11 is 7.28. The van der Waals surface area contributed by atoms with Crippen LogP contribution in [0.15, 0.2) is 191 Å². The van der Waals surface area contributed by atoms with E-state index in [-0.39, 0.29) is 27.8 Å². The maximum atomic E-state index is 11.6. The summed E-state index contributed by atoms with van der Waals surface area (Å²) in [7, 11) is 1.99. The van der Waals surface area contributed by atoms with Gasteiger partial charge in [0, 0.05) is 110 Å². The van der Waals surface area contributed by atoms with Crippen LogP contribution in [0.4, 0.5) is 28.5 Å². The van der Waals surface area contributed by atoms with Gasteiger partial charge < -0.3 is 31.2 Å². The minimum absolute atomic E-state index is 0.0452. The number of nitrogens with zero attached hydrogens (tertiary/aromatic N) is 8. The zero-order valence-corrected chi connectivity index (χ0v) is 71.8. The summed E-state index contributed by atoms with van der Waals surface area (Å²) in [5.74, 6) is 10.6. The van der Waals surface area contributed by atoms with E-state index >= 15 is 0 Å². The number of H-pyrrole nitrogens is 11. The number of nitrogens with one attached hydrogen (secondary N) is 16. The average molecular weight is 1720 g/mol. The second kappa shape index (κ2) is 39.3. The molecule has 21 rings (SSSR count). The fraction of sp³-hybridized carbons (Fsp3) is 0.416. The molecule has 6 fully saturated rings. The second-order valence-electron chi connectivity index (χ2n) is 33.4. The summed E-state index contributed by atoms with van der Waals surface area (Å²) in [6.07, 6.45) is 36.4. The van der Waals surface area contributed by atoms with Crippen molar-refractivity contribution in [1.29, 1.82) is 0 Å². The first-order valence-corrected chi connectivity index (χ1v) is 46.7. The summed E-state index contributed by atoms with van der Waals surface area (Å²) < 4.78 is 1.97. The molecule has 0 bridgehead atoms. The van der Waals surface area contributed by atoms with Crippen molar-refractivity contribution in [3.63, 3.8) is 0 Å². The Morgan fingerprint density at radius 3 is 1.30 bits per heavy atom. The first kappa shape index (κ1) is 83.0. The molecular weight excluding hydrogens is 1610 g/mol. The molecule has 122 heavy (non-hydrogen) atoms. The van der Waals surface area contributed by atoms with E-state index in [1.54, 1.807) is 23.7 Å². The number of hydrogen-bond donors (Lipinski definition) is 16. The van der Waals surface area contributed by atoms with E-state index in [2.05, 4.69) is 155 Å². The zero-order valence-electron chi connectivity index (χ0n) is 68.5. The van der Waals surface area contributed by atoms with Crippen LogP contribution in [0.25, 0.3) is 54.5 Å². The van der Waals surface area contributed by atoms with E-state index in [0.29, 0.717) is 77.1 Å². The number of aromatic amines is 11. The lowest BCUT2D eigenvalue weighted by atomic mass is 9.94. The Morgan fingerprint density at radius 2 is 0.861 bits per heavy atom. The first-order valence-electron chi connectivity index (χ1n) is 42.9. The summed E-state index contributed by atoms with van der Waals surface area (Å²) in [5.41, 5.74) is 7.99. The Balaban J connectivity index is 0.000000108. The highest BCUT2D eigenvalue weighted by Crippen LogP contribution is 2.42. The normalized spacial score (nSPS) is 21.1. The maximum Gasteiger partial charge on any atom is 0.271 e. The van der Waals surface area contributed by atoms with E-state index < -0.39 is 0 Å². The van der Waals surface area contributed by atoms with Gasteiger partial charge in [0.2, 0.25) is 5.95 Å². The fourth-order valence-corrected chi connectivity index (χ4v) is 22.4. The van der Waals surface area contributed by atoms with Gasteiger partial charge in [-0.25, -0.2) is 19.9 Å². The molecule has 6 aliphatic rings. The third kappa shape index (κ3) is 21.2. The highest BCUT2D eigenvalue weighted by molar-refractivity contribution is 7.99. The molecule has 5 aromatic carbocycles. The first-order chi connectivity index (χ1) is 59.7. The van der Waals surface area contributed by atoms with Crippen molar-refractivity contribution < 1.29 is 0 Å². The van der Waals surface area contributed by atoms with Gasteiger partial charge >= 0.3 is 0 Å². The monoisotopic (exact) mass is 1720 g/mol. The molecular formula is C89H106N24O5S4. The topological polar surface area (TPSA) is 414 Å². The Kier molecular flexibility index (Phi) is 26.7. The second-order valence-corrected chi connectivity index (χ2v) is 37.9. The van der Waals surface area contributed by atoms with Gasteiger partial charge in [-0.3, -0.25) is 80.1 Å². The fourth-order valence-electron chi connectivity index (χ4n) is 18.1. The number of aryl methyl sites for hydroxylation is 4. The Morgan fingerprint density at radius 1 is 0.418 bits per heavy atom. The van der Waals surface area contributed by atoms with Gasteiger partial charge in [-0.15, -0.1) is 51.7 Å². The number of thiazole rings is 1. The minimum Gasteiger partial charge on any atom is -0.367 e. The van der Waals surface area contributed by atoms with Gasteiger partial charge in [0.25, 0.3) is 27.8 Å². The number of aromatic nitrogens is 19. The summed E-state index contributed by atoms with van der Waals surface area (Å²) in [6, 6.07) is 40.7. The van der Waals surface area contributed by atoms with Gasteiger partial charge in [-0.2, -0.15) is 10.2 Å². The van der Waals surface area contributed by atoms with E-state index in [0.717, 1.165) is 115 Å². The Hall–Kier alpha value is -11.3. The molecule has 29 nitrogen and oxygen atoms in total.